The van der Waals surface area contributed by atoms with Crippen molar-refractivity contribution in [1.29, 1.82) is 0 Å². The Bertz CT molecular complexity index is 1500. The molecule has 0 heterocycles. The monoisotopic (exact) mass is 508 g/mol. The van der Waals surface area contributed by atoms with Crippen molar-refractivity contribution in [2.45, 2.75) is 18.7 Å². The Kier molecular flexibility index (Phi) is 7.28. The van der Waals surface area contributed by atoms with Crippen LogP contribution in [-0.2, 0) is 10.0 Å². The maximum atomic E-state index is 13.0. The van der Waals surface area contributed by atoms with Crippen molar-refractivity contribution >= 4 is 44.0 Å². The van der Waals surface area contributed by atoms with Gasteiger partial charge in [0.15, 0.2) is 0 Å². The van der Waals surface area contributed by atoms with Crippen LogP contribution in [0.2, 0.25) is 5.02 Å². The minimum Gasteiger partial charge on any atom is -0.492 e. The zero-order valence-electron chi connectivity index (χ0n) is 19.3. The fourth-order valence-electron chi connectivity index (χ4n) is 3.67. The van der Waals surface area contributed by atoms with Crippen LogP contribution in [0.5, 0.6) is 5.75 Å². The highest BCUT2D eigenvalue weighted by atomic mass is 35.5. The van der Waals surface area contributed by atoms with Gasteiger partial charge in [-0.15, -0.1) is 0 Å². The van der Waals surface area contributed by atoms with Gasteiger partial charge in [0.1, 0.15) is 17.3 Å². The SMILES string of the molecule is Cc1ccc(NS(=O)(=O)c2cc(C(=O)NCCOc3ccc4ccccc4c3)ccc2Cl)c(C)c1. The van der Waals surface area contributed by atoms with E-state index in [4.69, 9.17) is 16.3 Å². The first-order valence-electron chi connectivity index (χ1n) is 11.0. The van der Waals surface area contributed by atoms with Gasteiger partial charge in [-0.25, -0.2) is 8.42 Å². The van der Waals surface area contributed by atoms with E-state index in [1.807, 2.05) is 68.4 Å². The van der Waals surface area contributed by atoms with E-state index in [0.29, 0.717) is 11.4 Å². The van der Waals surface area contributed by atoms with Gasteiger partial charge in [0.05, 0.1) is 17.3 Å². The molecule has 0 fully saturated rings. The molecule has 0 bridgehead atoms. The van der Waals surface area contributed by atoms with Gasteiger partial charge in [-0.05, 0) is 66.6 Å². The predicted octanol–water partition coefficient (Wildman–Crippen LogP) is 5.72. The van der Waals surface area contributed by atoms with E-state index in [1.54, 1.807) is 6.07 Å². The molecule has 6 nitrogen and oxygen atoms in total. The number of aryl methyl sites for hydroxylation is 2. The van der Waals surface area contributed by atoms with Crippen LogP contribution in [0.15, 0.2) is 83.8 Å². The van der Waals surface area contributed by atoms with Crippen LogP contribution < -0.4 is 14.8 Å². The molecule has 0 aromatic heterocycles. The Labute approximate surface area is 209 Å². The number of anilines is 1. The smallest absolute Gasteiger partial charge is 0.263 e. The van der Waals surface area contributed by atoms with Crippen LogP contribution in [-0.4, -0.2) is 27.5 Å². The van der Waals surface area contributed by atoms with E-state index < -0.39 is 15.9 Å². The summed E-state index contributed by atoms with van der Waals surface area (Å²) in [6.45, 7) is 4.25. The number of hydrogen-bond acceptors (Lipinski definition) is 4. The maximum absolute atomic E-state index is 13.0. The molecule has 4 rings (SSSR count). The fraction of sp³-hybridized carbons (Fsp3) is 0.148. The molecule has 4 aromatic carbocycles. The van der Waals surface area contributed by atoms with Gasteiger partial charge < -0.3 is 10.1 Å². The van der Waals surface area contributed by atoms with Gasteiger partial charge in [-0.1, -0.05) is 59.6 Å². The van der Waals surface area contributed by atoms with Crippen molar-refractivity contribution in [3.05, 3.63) is 101 Å². The summed E-state index contributed by atoms with van der Waals surface area (Å²) in [6.07, 6.45) is 0. The van der Waals surface area contributed by atoms with E-state index >= 15 is 0 Å². The Morgan fingerprint density at radius 3 is 2.46 bits per heavy atom. The van der Waals surface area contributed by atoms with Crippen LogP contribution in [0.4, 0.5) is 5.69 Å². The van der Waals surface area contributed by atoms with Crippen molar-refractivity contribution < 1.29 is 17.9 Å². The maximum Gasteiger partial charge on any atom is 0.263 e. The number of halogens is 1. The van der Waals surface area contributed by atoms with Crippen molar-refractivity contribution in [3.8, 4) is 5.75 Å². The van der Waals surface area contributed by atoms with Crippen LogP contribution in [0, 0.1) is 13.8 Å². The number of carbonyl (C=O) groups excluding carboxylic acids is 1. The molecule has 0 aliphatic heterocycles. The van der Waals surface area contributed by atoms with Gasteiger partial charge in [-0.2, -0.15) is 0 Å². The molecule has 0 saturated carbocycles. The number of rotatable bonds is 8. The van der Waals surface area contributed by atoms with Crippen LogP contribution in [0.25, 0.3) is 10.8 Å². The summed E-state index contributed by atoms with van der Waals surface area (Å²) in [7, 11) is -4.00. The van der Waals surface area contributed by atoms with E-state index in [2.05, 4.69) is 10.0 Å². The quantitative estimate of drug-likeness (QED) is 0.298. The molecule has 8 heteroatoms. The highest BCUT2D eigenvalue weighted by molar-refractivity contribution is 7.92. The van der Waals surface area contributed by atoms with Crippen molar-refractivity contribution in [2.75, 3.05) is 17.9 Å². The summed E-state index contributed by atoms with van der Waals surface area (Å²) in [5.74, 6) is 0.280. The Balaban J connectivity index is 1.40. The number of sulfonamides is 1. The Morgan fingerprint density at radius 1 is 0.914 bits per heavy atom. The molecule has 1 amide bonds. The summed E-state index contributed by atoms with van der Waals surface area (Å²) < 4.78 is 34.3. The Morgan fingerprint density at radius 2 is 1.69 bits per heavy atom. The average Bonchev–Trinajstić information content (AvgIpc) is 2.83. The topological polar surface area (TPSA) is 84.5 Å². The molecule has 0 spiro atoms. The summed E-state index contributed by atoms with van der Waals surface area (Å²) in [6, 6.07) is 23.3. The van der Waals surface area contributed by atoms with Crippen LogP contribution in [0.3, 0.4) is 0 Å². The van der Waals surface area contributed by atoms with Crippen molar-refractivity contribution in [3.63, 3.8) is 0 Å². The Hall–Kier alpha value is -3.55. The predicted molar refractivity (Wildman–Crippen MR) is 140 cm³/mol. The summed E-state index contributed by atoms with van der Waals surface area (Å²) in [4.78, 5) is 12.5. The van der Waals surface area contributed by atoms with E-state index in [9.17, 15) is 13.2 Å². The third kappa shape index (κ3) is 5.93. The molecule has 0 aliphatic carbocycles. The minimum absolute atomic E-state index is 0.0263. The van der Waals surface area contributed by atoms with Crippen molar-refractivity contribution in [1.82, 2.24) is 5.32 Å². The molecule has 35 heavy (non-hydrogen) atoms. The van der Waals surface area contributed by atoms with Gasteiger partial charge in [0.25, 0.3) is 15.9 Å². The van der Waals surface area contributed by atoms with Gasteiger partial charge >= 0.3 is 0 Å². The lowest BCUT2D eigenvalue weighted by Crippen LogP contribution is -2.28. The number of benzene rings is 4. The normalized spacial score (nSPS) is 11.3. The first kappa shape index (κ1) is 24.6. The minimum atomic E-state index is -4.00. The zero-order valence-corrected chi connectivity index (χ0v) is 20.9. The molecule has 0 saturated heterocycles. The molecule has 0 unspecified atom stereocenters. The second-order valence-corrected chi connectivity index (χ2v) is 10.2. The fourth-order valence-corrected chi connectivity index (χ4v) is 5.33. The molecule has 0 atom stereocenters. The molecule has 0 aliphatic rings. The molecular formula is C27H25ClN2O4S. The largest absolute Gasteiger partial charge is 0.492 e. The van der Waals surface area contributed by atoms with Crippen LogP contribution >= 0.6 is 11.6 Å². The lowest BCUT2D eigenvalue weighted by atomic mass is 10.1. The number of hydrogen-bond donors (Lipinski definition) is 2. The van der Waals surface area contributed by atoms with E-state index in [0.717, 1.165) is 21.9 Å². The first-order chi connectivity index (χ1) is 16.7. The summed E-state index contributed by atoms with van der Waals surface area (Å²) >= 11 is 6.18. The summed E-state index contributed by atoms with van der Waals surface area (Å²) in [5.41, 5.74) is 2.44. The number of amides is 1. The third-order valence-corrected chi connectivity index (χ3v) is 7.33. The van der Waals surface area contributed by atoms with Gasteiger partial charge in [0, 0.05) is 5.56 Å². The highest BCUT2D eigenvalue weighted by Gasteiger charge is 2.21. The number of nitrogens with one attached hydrogen (secondary N) is 2. The summed E-state index contributed by atoms with van der Waals surface area (Å²) in [5, 5.41) is 4.96. The number of ether oxygens (including phenoxy) is 1. The van der Waals surface area contributed by atoms with Crippen LogP contribution in [0.1, 0.15) is 21.5 Å². The second-order valence-electron chi connectivity index (χ2n) is 8.18. The van der Waals surface area contributed by atoms with E-state index in [1.165, 1.54) is 18.2 Å². The first-order valence-corrected chi connectivity index (χ1v) is 12.9. The van der Waals surface area contributed by atoms with Gasteiger partial charge in [0.2, 0.25) is 0 Å². The molecule has 2 N–H and O–H groups in total. The average molecular weight is 509 g/mol. The molecule has 0 radical (unpaired) electrons. The standard InChI is InChI=1S/C27H25ClN2O4S/c1-18-7-12-25(19(2)15-18)30-35(32,33)26-17-22(9-11-24(26)28)27(31)29-13-14-34-23-10-8-20-5-3-4-6-21(20)16-23/h3-12,15-17,30H,13-14H2,1-2H3,(H,29,31). The third-order valence-electron chi connectivity index (χ3n) is 5.49. The van der Waals surface area contributed by atoms with E-state index in [-0.39, 0.29) is 28.6 Å². The van der Waals surface area contributed by atoms with Crippen molar-refractivity contribution in [2.24, 2.45) is 0 Å². The number of fused-ring (bicyclic) bond motifs is 1. The zero-order chi connectivity index (χ0) is 25.0. The molecule has 180 valence electrons. The van der Waals surface area contributed by atoms with Gasteiger partial charge in [-0.3, -0.25) is 9.52 Å². The molecule has 4 aromatic rings. The lowest BCUT2D eigenvalue weighted by Gasteiger charge is -2.13. The molecular weight excluding hydrogens is 484 g/mol. The second kappa shape index (κ2) is 10.4. The lowest BCUT2D eigenvalue weighted by molar-refractivity contribution is 0.0947. The highest BCUT2D eigenvalue weighted by Crippen LogP contribution is 2.27. The number of carbonyl (C=O) groups is 1.